The Morgan fingerprint density at radius 1 is 1.00 bits per heavy atom. The molecular formula is C15H13NO. The van der Waals surface area contributed by atoms with Crippen molar-refractivity contribution in [3.8, 4) is 0 Å². The second-order valence-electron chi connectivity index (χ2n) is 4.63. The predicted octanol–water partition coefficient (Wildman–Crippen LogP) is 3.94. The third kappa shape index (κ3) is 1.27. The number of fused-ring (bicyclic) bond motifs is 4. The Bertz CT molecular complexity index is 711. The number of hydrogen-bond acceptors (Lipinski definition) is 2. The SMILES string of the molecule is c1ccc2c(c1)oc1cc3c(cc12)CCCN3. The molecule has 0 saturated heterocycles. The van der Waals surface area contributed by atoms with E-state index in [2.05, 4.69) is 29.6 Å². The van der Waals surface area contributed by atoms with E-state index in [0.717, 1.165) is 24.1 Å². The van der Waals surface area contributed by atoms with Gasteiger partial charge in [0, 0.05) is 29.1 Å². The average Bonchev–Trinajstić information content (AvgIpc) is 2.73. The highest BCUT2D eigenvalue weighted by atomic mass is 16.3. The monoisotopic (exact) mass is 223 g/mol. The zero-order valence-corrected chi connectivity index (χ0v) is 9.49. The Morgan fingerprint density at radius 3 is 2.94 bits per heavy atom. The van der Waals surface area contributed by atoms with Crippen LogP contribution in [-0.4, -0.2) is 6.54 Å². The van der Waals surface area contributed by atoms with E-state index in [0.29, 0.717) is 0 Å². The van der Waals surface area contributed by atoms with Crippen LogP contribution < -0.4 is 5.32 Å². The van der Waals surface area contributed by atoms with Crippen molar-refractivity contribution in [2.24, 2.45) is 0 Å². The molecule has 2 nitrogen and oxygen atoms in total. The van der Waals surface area contributed by atoms with Crippen LogP contribution in [0.2, 0.25) is 0 Å². The molecule has 0 unspecified atom stereocenters. The van der Waals surface area contributed by atoms with Gasteiger partial charge in [0.25, 0.3) is 0 Å². The molecule has 4 rings (SSSR count). The maximum absolute atomic E-state index is 5.88. The van der Waals surface area contributed by atoms with Crippen molar-refractivity contribution in [1.29, 1.82) is 0 Å². The number of nitrogens with one attached hydrogen (secondary N) is 1. The highest BCUT2D eigenvalue weighted by Gasteiger charge is 2.13. The second kappa shape index (κ2) is 3.27. The first-order valence-electron chi connectivity index (χ1n) is 6.10. The van der Waals surface area contributed by atoms with Crippen LogP contribution in [0.3, 0.4) is 0 Å². The molecule has 0 radical (unpaired) electrons. The van der Waals surface area contributed by atoms with Gasteiger partial charge in [-0.1, -0.05) is 18.2 Å². The number of furan rings is 1. The summed E-state index contributed by atoms with van der Waals surface area (Å²) in [5, 5.41) is 5.90. The number of benzene rings is 2. The Kier molecular flexibility index (Phi) is 1.75. The third-order valence-electron chi connectivity index (χ3n) is 3.54. The summed E-state index contributed by atoms with van der Waals surface area (Å²) in [4.78, 5) is 0. The minimum Gasteiger partial charge on any atom is -0.456 e. The summed E-state index contributed by atoms with van der Waals surface area (Å²) in [6.07, 6.45) is 2.38. The van der Waals surface area contributed by atoms with Gasteiger partial charge in [0.1, 0.15) is 11.2 Å². The van der Waals surface area contributed by atoms with Crippen LogP contribution in [-0.2, 0) is 6.42 Å². The maximum atomic E-state index is 5.88. The molecule has 0 atom stereocenters. The lowest BCUT2D eigenvalue weighted by atomic mass is 10.0. The topological polar surface area (TPSA) is 25.2 Å². The van der Waals surface area contributed by atoms with Crippen LogP contribution >= 0.6 is 0 Å². The molecular weight excluding hydrogens is 210 g/mol. The number of rotatable bonds is 0. The van der Waals surface area contributed by atoms with Crippen LogP contribution in [0.5, 0.6) is 0 Å². The van der Waals surface area contributed by atoms with E-state index in [-0.39, 0.29) is 0 Å². The van der Waals surface area contributed by atoms with Gasteiger partial charge in [-0.2, -0.15) is 0 Å². The smallest absolute Gasteiger partial charge is 0.137 e. The standard InChI is InChI=1S/C15H13NO/c1-2-6-14-11(5-1)12-8-10-4-3-7-16-13(10)9-15(12)17-14/h1-2,5-6,8-9,16H,3-4,7H2. The summed E-state index contributed by atoms with van der Waals surface area (Å²) in [5.74, 6) is 0. The molecule has 2 heteroatoms. The molecule has 2 heterocycles. The van der Waals surface area contributed by atoms with E-state index >= 15 is 0 Å². The van der Waals surface area contributed by atoms with Gasteiger partial charge in [-0.15, -0.1) is 0 Å². The lowest BCUT2D eigenvalue weighted by Gasteiger charge is -2.17. The molecule has 1 aliphatic rings. The van der Waals surface area contributed by atoms with Crippen molar-refractivity contribution in [3.05, 3.63) is 42.0 Å². The van der Waals surface area contributed by atoms with Gasteiger partial charge in [0.05, 0.1) is 0 Å². The van der Waals surface area contributed by atoms with Gasteiger partial charge >= 0.3 is 0 Å². The van der Waals surface area contributed by atoms with Crippen LogP contribution in [0.4, 0.5) is 5.69 Å². The molecule has 17 heavy (non-hydrogen) atoms. The van der Waals surface area contributed by atoms with Crippen LogP contribution in [0.1, 0.15) is 12.0 Å². The highest BCUT2D eigenvalue weighted by Crippen LogP contribution is 2.34. The average molecular weight is 223 g/mol. The molecule has 0 saturated carbocycles. The molecule has 0 bridgehead atoms. The molecule has 2 aromatic carbocycles. The molecule has 0 fully saturated rings. The molecule has 1 aliphatic heterocycles. The van der Waals surface area contributed by atoms with E-state index < -0.39 is 0 Å². The van der Waals surface area contributed by atoms with Gasteiger partial charge in [-0.3, -0.25) is 0 Å². The summed E-state index contributed by atoms with van der Waals surface area (Å²) in [5.41, 5.74) is 4.61. The lowest BCUT2D eigenvalue weighted by molar-refractivity contribution is 0.668. The Labute approximate surface area is 99.2 Å². The molecule has 0 amide bonds. The van der Waals surface area contributed by atoms with Crippen molar-refractivity contribution in [3.63, 3.8) is 0 Å². The van der Waals surface area contributed by atoms with Gasteiger partial charge in [0.15, 0.2) is 0 Å². The van der Waals surface area contributed by atoms with Gasteiger partial charge in [-0.25, -0.2) is 0 Å². The van der Waals surface area contributed by atoms with E-state index in [1.165, 1.54) is 28.4 Å². The van der Waals surface area contributed by atoms with Crippen LogP contribution in [0, 0.1) is 0 Å². The molecule has 0 spiro atoms. The van der Waals surface area contributed by atoms with Crippen molar-refractivity contribution in [1.82, 2.24) is 0 Å². The number of aryl methyl sites for hydroxylation is 1. The predicted molar refractivity (Wildman–Crippen MR) is 70.5 cm³/mol. The van der Waals surface area contributed by atoms with Gasteiger partial charge < -0.3 is 9.73 Å². The van der Waals surface area contributed by atoms with Crippen molar-refractivity contribution < 1.29 is 4.42 Å². The summed E-state index contributed by atoms with van der Waals surface area (Å²) in [6, 6.07) is 12.7. The minimum atomic E-state index is 0.977. The zero-order valence-electron chi connectivity index (χ0n) is 9.49. The van der Waals surface area contributed by atoms with Crippen molar-refractivity contribution >= 4 is 27.6 Å². The number of anilines is 1. The lowest BCUT2D eigenvalue weighted by Crippen LogP contribution is -2.11. The summed E-state index contributed by atoms with van der Waals surface area (Å²) in [6.45, 7) is 1.07. The highest BCUT2D eigenvalue weighted by molar-refractivity contribution is 6.06. The number of para-hydroxylation sites is 1. The largest absolute Gasteiger partial charge is 0.456 e. The second-order valence-corrected chi connectivity index (χ2v) is 4.63. The molecule has 1 N–H and O–H groups in total. The van der Waals surface area contributed by atoms with E-state index in [1.807, 2.05) is 12.1 Å². The van der Waals surface area contributed by atoms with Crippen molar-refractivity contribution in [2.45, 2.75) is 12.8 Å². The Hall–Kier alpha value is -1.96. The fraction of sp³-hybridized carbons (Fsp3) is 0.200. The van der Waals surface area contributed by atoms with E-state index in [1.54, 1.807) is 0 Å². The zero-order chi connectivity index (χ0) is 11.2. The molecule has 84 valence electrons. The maximum Gasteiger partial charge on any atom is 0.137 e. The fourth-order valence-corrected chi connectivity index (χ4v) is 2.69. The van der Waals surface area contributed by atoms with Gasteiger partial charge in [-0.05, 0) is 30.5 Å². The Balaban J connectivity index is 2.12. The number of hydrogen-bond donors (Lipinski definition) is 1. The summed E-state index contributed by atoms with van der Waals surface area (Å²) >= 11 is 0. The molecule has 1 aromatic heterocycles. The normalized spacial score (nSPS) is 14.8. The minimum absolute atomic E-state index is 0.977. The first-order valence-corrected chi connectivity index (χ1v) is 6.10. The van der Waals surface area contributed by atoms with E-state index in [9.17, 15) is 0 Å². The fourth-order valence-electron chi connectivity index (χ4n) is 2.69. The first-order chi connectivity index (χ1) is 8.42. The third-order valence-corrected chi connectivity index (χ3v) is 3.54. The molecule has 3 aromatic rings. The Morgan fingerprint density at radius 2 is 1.94 bits per heavy atom. The van der Waals surface area contributed by atoms with Crippen LogP contribution in [0.25, 0.3) is 21.9 Å². The quantitative estimate of drug-likeness (QED) is 0.624. The molecule has 0 aliphatic carbocycles. The first kappa shape index (κ1) is 9.11. The van der Waals surface area contributed by atoms with Crippen LogP contribution in [0.15, 0.2) is 40.8 Å². The summed E-state index contributed by atoms with van der Waals surface area (Å²) in [7, 11) is 0. The van der Waals surface area contributed by atoms with E-state index in [4.69, 9.17) is 4.42 Å². The van der Waals surface area contributed by atoms with Gasteiger partial charge in [0.2, 0.25) is 0 Å². The summed E-state index contributed by atoms with van der Waals surface area (Å²) < 4.78 is 5.88. The van der Waals surface area contributed by atoms with Crippen molar-refractivity contribution in [2.75, 3.05) is 11.9 Å².